The van der Waals surface area contributed by atoms with Crippen molar-refractivity contribution in [2.24, 2.45) is 5.73 Å². The van der Waals surface area contributed by atoms with E-state index in [0.29, 0.717) is 18.2 Å². The fraction of sp³-hybridized carbons (Fsp3) is 0.429. The summed E-state index contributed by atoms with van der Waals surface area (Å²) in [6, 6.07) is 7.70. The van der Waals surface area contributed by atoms with E-state index in [1.165, 1.54) is 11.8 Å². The predicted molar refractivity (Wildman–Crippen MR) is 85.9 cm³/mol. The molecule has 1 unspecified atom stereocenters. The van der Waals surface area contributed by atoms with Crippen LogP contribution in [0.4, 0.5) is 0 Å². The molecule has 0 amide bonds. The minimum Gasteiger partial charge on any atom is -0.462 e. The molecule has 1 aromatic rings. The zero-order valence-corrected chi connectivity index (χ0v) is 13.3. The van der Waals surface area contributed by atoms with Crippen LogP contribution in [-0.2, 0) is 20.0 Å². The third kappa shape index (κ3) is 5.90. The van der Waals surface area contributed by atoms with E-state index in [4.69, 9.17) is 27.4 Å². The highest BCUT2D eigenvalue weighted by atomic mass is 32.2. The lowest BCUT2D eigenvalue weighted by Crippen LogP contribution is -2.19. The SMILES string of the molecule is COCCOC(=O)C(C)SCc1ccc(C(N)=S)cc1. The summed E-state index contributed by atoms with van der Waals surface area (Å²) in [5.74, 6) is 0.518. The Labute approximate surface area is 129 Å². The molecule has 0 aliphatic heterocycles. The van der Waals surface area contributed by atoms with Crippen LogP contribution in [0.5, 0.6) is 0 Å². The summed E-state index contributed by atoms with van der Waals surface area (Å²) < 4.78 is 9.89. The van der Waals surface area contributed by atoms with Crippen molar-refractivity contribution in [3.63, 3.8) is 0 Å². The molecule has 0 radical (unpaired) electrons. The number of thiocarbonyl (C=S) groups is 1. The van der Waals surface area contributed by atoms with Gasteiger partial charge in [0.25, 0.3) is 0 Å². The van der Waals surface area contributed by atoms with E-state index in [1.807, 2.05) is 31.2 Å². The molecule has 0 saturated carbocycles. The molecule has 0 aliphatic carbocycles. The van der Waals surface area contributed by atoms with Crippen molar-refractivity contribution in [1.82, 2.24) is 0 Å². The Morgan fingerprint density at radius 3 is 2.55 bits per heavy atom. The molecule has 0 heterocycles. The number of esters is 1. The Balaban J connectivity index is 2.38. The summed E-state index contributed by atoms with van der Waals surface area (Å²) in [6.45, 7) is 2.55. The normalized spacial score (nSPS) is 11.9. The molecule has 0 spiro atoms. The molecule has 0 aliphatic rings. The van der Waals surface area contributed by atoms with Crippen LogP contribution in [-0.4, -0.2) is 36.5 Å². The lowest BCUT2D eigenvalue weighted by atomic mass is 10.1. The Bertz CT molecular complexity index is 448. The number of rotatable bonds is 8. The Morgan fingerprint density at radius 1 is 1.35 bits per heavy atom. The number of benzene rings is 1. The average molecular weight is 313 g/mol. The molecule has 0 fully saturated rings. The van der Waals surface area contributed by atoms with Crippen LogP contribution in [0, 0.1) is 0 Å². The average Bonchev–Trinajstić information content (AvgIpc) is 2.45. The quantitative estimate of drug-likeness (QED) is 0.451. The number of ether oxygens (including phenoxy) is 2. The highest BCUT2D eigenvalue weighted by Gasteiger charge is 2.14. The molecule has 1 rings (SSSR count). The van der Waals surface area contributed by atoms with Crippen molar-refractivity contribution in [3.05, 3.63) is 35.4 Å². The summed E-state index contributed by atoms with van der Waals surface area (Å²) in [4.78, 5) is 12.0. The van der Waals surface area contributed by atoms with Crippen LogP contribution in [0.1, 0.15) is 18.1 Å². The third-order valence-corrected chi connectivity index (χ3v) is 4.03. The number of hydrogen-bond acceptors (Lipinski definition) is 5. The van der Waals surface area contributed by atoms with Gasteiger partial charge < -0.3 is 15.2 Å². The van der Waals surface area contributed by atoms with E-state index >= 15 is 0 Å². The molecule has 0 bridgehead atoms. The second-order valence-corrected chi connectivity index (χ2v) is 5.94. The van der Waals surface area contributed by atoms with Crippen LogP contribution in [0.25, 0.3) is 0 Å². The van der Waals surface area contributed by atoms with Gasteiger partial charge in [0, 0.05) is 18.4 Å². The number of carbonyl (C=O) groups is 1. The van der Waals surface area contributed by atoms with Gasteiger partial charge in [0.2, 0.25) is 0 Å². The zero-order chi connectivity index (χ0) is 15.0. The second-order valence-electron chi connectivity index (χ2n) is 4.17. The summed E-state index contributed by atoms with van der Waals surface area (Å²) in [6.07, 6.45) is 0. The maximum Gasteiger partial charge on any atom is 0.318 e. The molecule has 2 N–H and O–H groups in total. The summed E-state index contributed by atoms with van der Waals surface area (Å²) in [5.41, 5.74) is 7.50. The fourth-order valence-corrected chi connectivity index (χ4v) is 2.37. The van der Waals surface area contributed by atoms with Crippen molar-refractivity contribution >= 4 is 34.9 Å². The standard InChI is InChI=1S/C14H19NO3S2/c1-10(14(16)18-8-7-17-2)20-9-11-3-5-12(6-4-11)13(15)19/h3-6,10H,7-9H2,1-2H3,(H2,15,19). The van der Waals surface area contributed by atoms with Gasteiger partial charge in [-0.1, -0.05) is 36.5 Å². The first-order chi connectivity index (χ1) is 9.54. The molecular formula is C14H19NO3S2. The van der Waals surface area contributed by atoms with E-state index in [-0.39, 0.29) is 11.2 Å². The third-order valence-electron chi connectivity index (χ3n) is 2.60. The van der Waals surface area contributed by atoms with E-state index in [2.05, 4.69) is 0 Å². The first kappa shape index (κ1) is 16.9. The molecule has 6 heteroatoms. The Hall–Kier alpha value is -1.11. The van der Waals surface area contributed by atoms with Gasteiger partial charge in [-0.25, -0.2) is 0 Å². The van der Waals surface area contributed by atoms with Crippen molar-refractivity contribution in [1.29, 1.82) is 0 Å². The van der Waals surface area contributed by atoms with Crippen LogP contribution in [0.3, 0.4) is 0 Å². The van der Waals surface area contributed by atoms with Gasteiger partial charge in [-0.05, 0) is 12.5 Å². The first-order valence-electron chi connectivity index (χ1n) is 6.20. The lowest BCUT2D eigenvalue weighted by molar-refractivity contribution is -0.143. The van der Waals surface area contributed by atoms with Gasteiger partial charge >= 0.3 is 5.97 Å². The van der Waals surface area contributed by atoms with Gasteiger partial charge in [-0.15, -0.1) is 11.8 Å². The van der Waals surface area contributed by atoms with Crippen molar-refractivity contribution in [3.8, 4) is 0 Å². The summed E-state index contributed by atoms with van der Waals surface area (Å²) in [7, 11) is 1.57. The Morgan fingerprint density at radius 2 is 2.00 bits per heavy atom. The lowest BCUT2D eigenvalue weighted by Gasteiger charge is -2.11. The van der Waals surface area contributed by atoms with Gasteiger partial charge in [-0.2, -0.15) is 0 Å². The topological polar surface area (TPSA) is 61.5 Å². The highest BCUT2D eigenvalue weighted by molar-refractivity contribution is 7.99. The van der Waals surface area contributed by atoms with Gasteiger partial charge in [-0.3, -0.25) is 4.79 Å². The molecule has 4 nitrogen and oxygen atoms in total. The second kappa shape index (κ2) is 8.94. The molecule has 1 atom stereocenters. The maximum atomic E-state index is 11.7. The molecule has 0 aromatic heterocycles. The predicted octanol–water partition coefficient (Wildman–Crippen LogP) is 2.13. The van der Waals surface area contributed by atoms with E-state index in [0.717, 1.165) is 16.9 Å². The molecule has 1 aromatic carbocycles. The van der Waals surface area contributed by atoms with Gasteiger partial charge in [0.15, 0.2) is 0 Å². The smallest absolute Gasteiger partial charge is 0.318 e. The zero-order valence-electron chi connectivity index (χ0n) is 11.6. The number of thioether (sulfide) groups is 1. The Kier molecular flexibility index (Phi) is 7.58. The van der Waals surface area contributed by atoms with E-state index in [9.17, 15) is 4.79 Å². The van der Waals surface area contributed by atoms with Crippen LogP contribution < -0.4 is 5.73 Å². The maximum absolute atomic E-state index is 11.7. The molecular weight excluding hydrogens is 294 g/mol. The molecule has 110 valence electrons. The summed E-state index contributed by atoms with van der Waals surface area (Å²) in [5, 5.41) is -0.206. The van der Waals surface area contributed by atoms with Gasteiger partial charge in [0.05, 0.1) is 11.9 Å². The number of nitrogens with two attached hydrogens (primary N) is 1. The number of methoxy groups -OCH3 is 1. The number of hydrogen-bond donors (Lipinski definition) is 1. The minimum absolute atomic E-state index is 0.206. The molecule has 20 heavy (non-hydrogen) atoms. The van der Waals surface area contributed by atoms with Crippen LogP contribution in [0.15, 0.2) is 24.3 Å². The number of carbonyl (C=O) groups excluding carboxylic acids is 1. The monoisotopic (exact) mass is 313 g/mol. The summed E-state index contributed by atoms with van der Waals surface area (Å²) >= 11 is 6.43. The largest absolute Gasteiger partial charge is 0.462 e. The molecule has 0 saturated heterocycles. The minimum atomic E-state index is -0.216. The first-order valence-corrected chi connectivity index (χ1v) is 7.66. The highest BCUT2D eigenvalue weighted by Crippen LogP contribution is 2.19. The fourth-order valence-electron chi connectivity index (χ4n) is 1.40. The van der Waals surface area contributed by atoms with Crippen LogP contribution >= 0.6 is 24.0 Å². The van der Waals surface area contributed by atoms with Crippen molar-refractivity contribution in [2.75, 3.05) is 20.3 Å². The van der Waals surface area contributed by atoms with E-state index in [1.54, 1.807) is 7.11 Å². The van der Waals surface area contributed by atoms with Crippen molar-refractivity contribution in [2.45, 2.75) is 17.9 Å². The van der Waals surface area contributed by atoms with Crippen LogP contribution in [0.2, 0.25) is 0 Å². The van der Waals surface area contributed by atoms with E-state index < -0.39 is 0 Å². The van der Waals surface area contributed by atoms with Crippen molar-refractivity contribution < 1.29 is 14.3 Å². The van der Waals surface area contributed by atoms with Gasteiger partial charge in [0.1, 0.15) is 11.6 Å².